The van der Waals surface area contributed by atoms with Gasteiger partial charge in [0.2, 0.25) is 0 Å². The van der Waals surface area contributed by atoms with Crippen LogP contribution in [0.15, 0.2) is 66.4 Å². The van der Waals surface area contributed by atoms with Crippen molar-refractivity contribution in [2.45, 2.75) is 50.9 Å². The molecule has 0 spiro atoms. The predicted molar refractivity (Wildman–Crippen MR) is 129 cm³/mol. The summed E-state index contributed by atoms with van der Waals surface area (Å²) in [5, 5.41) is 19.0. The Balaban J connectivity index is 1.69. The monoisotopic (exact) mass is 442 g/mol. The first-order valence-corrected chi connectivity index (χ1v) is 11.8. The quantitative estimate of drug-likeness (QED) is 0.426. The zero-order valence-electron chi connectivity index (χ0n) is 19.0. The van der Waals surface area contributed by atoms with Crippen LogP contribution in [0.25, 0.3) is 17.1 Å². The number of ketones is 1. The van der Waals surface area contributed by atoms with Gasteiger partial charge in [-0.05, 0) is 55.7 Å². The van der Waals surface area contributed by atoms with Crippen LogP contribution in [0.1, 0.15) is 49.6 Å². The molecule has 2 N–H and O–H groups in total. The molecule has 1 saturated carbocycles. The summed E-state index contributed by atoms with van der Waals surface area (Å²) >= 11 is 0. The van der Waals surface area contributed by atoms with Crippen LogP contribution in [0.4, 0.5) is 0 Å². The molecule has 0 radical (unpaired) electrons. The Kier molecular flexibility index (Phi) is 5.67. The standard InChI is InChI=1S/C28H30N2O3/c1-28-17-21(18-32)25(33)16-22(28)12-13-24-26(28)29-27(20-9-3-2-4-10-20)30(24)23-11-5-7-19(15-23)8-6-14-31/h2-5,7,9-11,15,18,22,31-32H,6,8,12-14,16-17H2,1H3/b21-18-. The number of Topliss-reactive ketones (excluding diaryl/α,β-unsaturated/α-hetero) is 1. The summed E-state index contributed by atoms with van der Waals surface area (Å²) < 4.78 is 2.29. The summed E-state index contributed by atoms with van der Waals surface area (Å²) in [6.45, 7) is 2.38. The maximum absolute atomic E-state index is 12.5. The molecule has 5 nitrogen and oxygen atoms in total. The number of aliphatic hydroxyl groups is 2. The fourth-order valence-electron chi connectivity index (χ4n) is 5.68. The maximum atomic E-state index is 12.5. The van der Waals surface area contributed by atoms with E-state index in [0.717, 1.165) is 54.7 Å². The van der Waals surface area contributed by atoms with E-state index in [-0.39, 0.29) is 23.7 Å². The van der Waals surface area contributed by atoms with Crippen molar-refractivity contribution < 1.29 is 15.0 Å². The predicted octanol–water partition coefficient (Wildman–Crippen LogP) is 5.09. The molecule has 2 unspecified atom stereocenters. The van der Waals surface area contributed by atoms with Crippen LogP contribution in [-0.2, 0) is 23.1 Å². The highest BCUT2D eigenvalue weighted by Crippen LogP contribution is 2.51. The number of nitrogens with zero attached hydrogens (tertiary/aromatic N) is 2. The summed E-state index contributed by atoms with van der Waals surface area (Å²) in [4.78, 5) is 17.7. The number of fused-ring (bicyclic) bond motifs is 3. The highest BCUT2D eigenvalue weighted by Gasteiger charge is 2.49. The lowest BCUT2D eigenvalue weighted by Gasteiger charge is -2.44. The molecule has 1 aromatic heterocycles. The van der Waals surface area contributed by atoms with Crippen LogP contribution in [0.2, 0.25) is 0 Å². The van der Waals surface area contributed by atoms with Crippen molar-refractivity contribution in [3.05, 3.63) is 83.4 Å². The van der Waals surface area contributed by atoms with Gasteiger partial charge in [-0.25, -0.2) is 4.98 Å². The fourth-order valence-corrected chi connectivity index (χ4v) is 5.68. The van der Waals surface area contributed by atoms with Crippen molar-refractivity contribution >= 4 is 5.78 Å². The first-order valence-electron chi connectivity index (χ1n) is 11.8. The minimum atomic E-state index is -0.292. The van der Waals surface area contributed by atoms with Crippen LogP contribution in [0, 0.1) is 5.92 Å². The summed E-state index contributed by atoms with van der Waals surface area (Å²) in [5.41, 5.74) is 5.77. The number of carbonyl (C=O) groups excluding carboxylic acids is 1. The Morgan fingerprint density at radius 3 is 2.76 bits per heavy atom. The van der Waals surface area contributed by atoms with Gasteiger partial charge in [0.1, 0.15) is 5.82 Å². The zero-order valence-corrected chi connectivity index (χ0v) is 19.0. The minimum absolute atomic E-state index is 0.0581. The van der Waals surface area contributed by atoms with Crippen LogP contribution in [0.3, 0.4) is 0 Å². The van der Waals surface area contributed by atoms with E-state index in [2.05, 4.69) is 47.9 Å². The molecule has 5 rings (SSSR count). The summed E-state index contributed by atoms with van der Waals surface area (Å²) in [6, 6.07) is 18.7. The molecule has 0 bridgehead atoms. The molecule has 3 aromatic rings. The van der Waals surface area contributed by atoms with Gasteiger partial charge in [-0.2, -0.15) is 0 Å². The SMILES string of the molecule is CC12C/C(=C/O)C(=O)CC1CCc1c2nc(-c2ccccc2)n1-c1cccc(CCCO)c1. The van der Waals surface area contributed by atoms with Gasteiger partial charge in [0.05, 0.1) is 12.0 Å². The molecule has 2 atom stereocenters. The molecule has 33 heavy (non-hydrogen) atoms. The first-order chi connectivity index (χ1) is 16.0. The van der Waals surface area contributed by atoms with E-state index in [1.165, 1.54) is 11.3 Å². The minimum Gasteiger partial charge on any atom is -0.515 e. The van der Waals surface area contributed by atoms with Gasteiger partial charge in [-0.1, -0.05) is 49.4 Å². The van der Waals surface area contributed by atoms with Gasteiger partial charge in [-0.15, -0.1) is 0 Å². The lowest BCUT2D eigenvalue weighted by Crippen LogP contribution is -2.43. The Hall–Kier alpha value is -3.18. The van der Waals surface area contributed by atoms with Crippen LogP contribution in [-0.4, -0.2) is 32.2 Å². The third-order valence-electron chi connectivity index (χ3n) is 7.47. The number of allylic oxidation sites excluding steroid dienone is 1. The molecule has 170 valence electrons. The third-order valence-corrected chi connectivity index (χ3v) is 7.47. The second kappa shape index (κ2) is 8.64. The third kappa shape index (κ3) is 3.70. The van der Waals surface area contributed by atoms with E-state index in [9.17, 15) is 15.0 Å². The van der Waals surface area contributed by atoms with Gasteiger partial charge < -0.3 is 10.2 Å². The Labute approximate surface area is 194 Å². The number of carbonyl (C=O) groups is 1. The molecule has 2 aromatic carbocycles. The number of aromatic nitrogens is 2. The van der Waals surface area contributed by atoms with E-state index in [0.29, 0.717) is 18.4 Å². The second-order valence-corrected chi connectivity index (χ2v) is 9.54. The average Bonchev–Trinajstić information content (AvgIpc) is 3.24. The highest BCUT2D eigenvalue weighted by atomic mass is 16.3. The summed E-state index contributed by atoms with van der Waals surface area (Å²) in [6.07, 6.45) is 5.33. The molecule has 1 heterocycles. The van der Waals surface area contributed by atoms with Gasteiger partial charge in [-0.3, -0.25) is 9.36 Å². The summed E-state index contributed by atoms with van der Waals surface area (Å²) in [5.74, 6) is 1.19. The average molecular weight is 443 g/mol. The number of aryl methyl sites for hydroxylation is 1. The van der Waals surface area contributed by atoms with E-state index in [1.807, 2.05) is 18.2 Å². The van der Waals surface area contributed by atoms with E-state index >= 15 is 0 Å². The van der Waals surface area contributed by atoms with Crippen molar-refractivity contribution in [2.24, 2.45) is 5.92 Å². The summed E-state index contributed by atoms with van der Waals surface area (Å²) in [7, 11) is 0. The van der Waals surface area contributed by atoms with E-state index in [4.69, 9.17) is 4.98 Å². The van der Waals surface area contributed by atoms with Crippen molar-refractivity contribution in [3.63, 3.8) is 0 Å². The van der Waals surface area contributed by atoms with E-state index < -0.39 is 0 Å². The Morgan fingerprint density at radius 1 is 1.18 bits per heavy atom. The molecule has 0 saturated heterocycles. The second-order valence-electron chi connectivity index (χ2n) is 9.54. The molecule has 0 aliphatic heterocycles. The number of hydrogen-bond donors (Lipinski definition) is 2. The van der Waals surface area contributed by atoms with Gasteiger partial charge >= 0.3 is 0 Å². The van der Waals surface area contributed by atoms with Crippen LogP contribution < -0.4 is 0 Å². The number of rotatable bonds is 5. The molecule has 2 aliphatic rings. The normalized spacial score (nSPS) is 23.4. The smallest absolute Gasteiger partial charge is 0.162 e. The van der Waals surface area contributed by atoms with Crippen LogP contribution in [0.5, 0.6) is 0 Å². The van der Waals surface area contributed by atoms with Crippen molar-refractivity contribution in [1.29, 1.82) is 0 Å². The molecule has 1 fully saturated rings. The molecule has 5 heteroatoms. The van der Waals surface area contributed by atoms with E-state index in [1.54, 1.807) is 0 Å². The van der Waals surface area contributed by atoms with Gasteiger partial charge in [0.15, 0.2) is 5.78 Å². The number of hydrogen-bond acceptors (Lipinski definition) is 4. The van der Waals surface area contributed by atoms with Crippen molar-refractivity contribution in [1.82, 2.24) is 9.55 Å². The molecule has 2 aliphatic carbocycles. The lowest BCUT2D eigenvalue weighted by atomic mass is 9.59. The Bertz CT molecular complexity index is 1210. The largest absolute Gasteiger partial charge is 0.515 e. The van der Waals surface area contributed by atoms with Gasteiger partial charge in [0.25, 0.3) is 0 Å². The van der Waals surface area contributed by atoms with Crippen molar-refractivity contribution in [2.75, 3.05) is 6.61 Å². The topological polar surface area (TPSA) is 75.3 Å². The number of imidazole rings is 1. The lowest BCUT2D eigenvalue weighted by molar-refractivity contribution is -0.119. The molecule has 0 amide bonds. The number of aliphatic hydroxyl groups excluding tert-OH is 2. The maximum Gasteiger partial charge on any atom is 0.162 e. The fraction of sp³-hybridized carbons (Fsp3) is 0.357. The molecular formula is C28H30N2O3. The highest BCUT2D eigenvalue weighted by molar-refractivity contribution is 5.96. The van der Waals surface area contributed by atoms with Crippen molar-refractivity contribution in [3.8, 4) is 17.1 Å². The van der Waals surface area contributed by atoms with Gasteiger partial charge in [0, 0.05) is 41.0 Å². The van der Waals surface area contributed by atoms with Crippen LogP contribution >= 0.6 is 0 Å². The first kappa shape index (κ1) is 21.7. The molecular weight excluding hydrogens is 412 g/mol. The Morgan fingerprint density at radius 2 is 2.00 bits per heavy atom. The number of benzene rings is 2. The zero-order chi connectivity index (χ0) is 23.0.